The van der Waals surface area contributed by atoms with E-state index in [2.05, 4.69) is 25.7 Å². The first-order chi connectivity index (χ1) is 6.63. The van der Waals surface area contributed by atoms with Crippen molar-refractivity contribution in [3.05, 3.63) is 21.4 Å². The van der Waals surface area contributed by atoms with Crippen LogP contribution in [0.2, 0.25) is 0 Å². The molecule has 0 saturated carbocycles. The van der Waals surface area contributed by atoms with Crippen LogP contribution in [0.5, 0.6) is 0 Å². The van der Waals surface area contributed by atoms with Gasteiger partial charge in [0, 0.05) is 0 Å². The van der Waals surface area contributed by atoms with Crippen LogP contribution in [0.25, 0.3) is 10.2 Å². The molecule has 2 heterocycles. The smallest absolute Gasteiger partial charge is 0.354 e. The Hall–Kier alpha value is -0.880. The predicted molar refractivity (Wildman–Crippen MR) is 55.2 cm³/mol. The van der Waals surface area contributed by atoms with Gasteiger partial charge >= 0.3 is 5.97 Å². The second-order valence-electron chi connectivity index (χ2n) is 2.60. The number of carbonyl (C=O) groups is 1. The molecule has 6 heteroatoms. The Kier molecular flexibility index (Phi) is 2.32. The third-order valence-electron chi connectivity index (χ3n) is 1.78. The van der Waals surface area contributed by atoms with E-state index in [0.29, 0.717) is 20.4 Å². The van der Waals surface area contributed by atoms with Crippen molar-refractivity contribution in [1.82, 2.24) is 4.98 Å². The van der Waals surface area contributed by atoms with Crippen LogP contribution in [-0.4, -0.2) is 18.1 Å². The first kappa shape index (κ1) is 9.67. The first-order valence-electron chi connectivity index (χ1n) is 3.68. The lowest BCUT2D eigenvalue weighted by atomic mass is 10.4. The molecule has 1 N–H and O–H groups in total. The molecule has 0 unspecified atom stereocenters. The summed E-state index contributed by atoms with van der Waals surface area (Å²) >= 11 is 4.06. The number of fused-ring (bicyclic) bond motifs is 1. The number of hydrogen-bond acceptors (Lipinski definition) is 3. The fraction of sp³-hybridized carbons (Fsp3) is 0.125. The van der Waals surface area contributed by atoms with E-state index in [9.17, 15) is 9.18 Å². The Morgan fingerprint density at radius 1 is 1.71 bits per heavy atom. The van der Waals surface area contributed by atoms with E-state index in [1.54, 1.807) is 6.07 Å². The highest BCUT2D eigenvalue weighted by molar-refractivity contribution is 9.10. The predicted octanol–water partition coefficient (Wildman–Crippen LogP) is 2.92. The third-order valence-corrected chi connectivity index (χ3v) is 3.71. The molecule has 0 aromatic carbocycles. The molecule has 2 aromatic heterocycles. The second kappa shape index (κ2) is 3.36. The zero-order valence-corrected chi connectivity index (χ0v) is 9.46. The number of esters is 1. The van der Waals surface area contributed by atoms with Crippen LogP contribution >= 0.6 is 27.3 Å². The molecule has 2 rings (SSSR count). The summed E-state index contributed by atoms with van der Waals surface area (Å²) in [6.45, 7) is 0. The first-order valence-corrected chi connectivity index (χ1v) is 5.29. The minimum absolute atomic E-state index is 0.303. The number of aromatic nitrogens is 1. The lowest BCUT2D eigenvalue weighted by Crippen LogP contribution is -2.00. The molecule has 0 aliphatic carbocycles. The van der Waals surface area contributed by atoms with Crippen LogP contribution in [0.1, 0.15) is 10.5 Å². The summed E-state index contributed by atoms with van der Waals surface area (Å²) in [6.07, 6.45) is 0. The molecule has 74 valence electrons. The van der Waals surface area contributed by atoms with Gasteiger partial charge in [-0.15, -0.1) is 11.3 Å². The van der Waals surface area contributed by atoms with Gasteiger partial charge in [-0.25, -0.2) is 4.79 Å². The Balaban J connectivity index is 2.59. The molecule has 0 saturated heterocycles. The fourth-order valence-corrected chi connectivity index (χ4v) is 2.64. The van der Waals surface area contributed by atoms with Crippen molar-refractivity contribution in [2.45, 2.75) is 0 Å². The van der Waals surface area contributed by atoms with Crippen LogP contribution in [0, 0.1) is 5.13 Å². The SMILES string of the molecule is COC(=O)c1cc2sc(F)c(Br)c2[nH]1. The van der Waals surface area contributed by atoms with Gasteiger partial charge in [-0.3, -0.25) is 0 Å². The Morgan fingerprint density at radius 3 is 3.00 bits per heavy atom. The summed E-state index contributed by atoms with van der Waals surface area (Å²) in [7, 11) is 1.30. The number of carbonyl (C=O) groups excluding carboxylic acids is 1. The van der Waals surface area contributed by atoms with E-state index in [0.717, 1.165) is 11.3 Å². The lowest BCUT2D eigenvalue weighted by Gasteiger charge is -1.92. The zero-order chi connectivity index (χ0) is 10.3. The van der Waals surface area contributed by atoms with Crippen LogP contribution in [-0.2, 0) is 4.74 Å². The van der Waals surface area contributed by atoms with E-state index in [1.807, 2.05) is 0 Å². The minimum atomic E-state index is -0.458. The standard InChI is InChI=1S/C8H5BrFNO2S/c1-13-8(12)3-2-4-6(11-3)5(9)7(10)14-4/h2,11H,1H3. The minimum Gasteiger partial charge on any atom is -0.464 e. The quantitative estimate of drug-likeness (QED) is 0.815. The number of halogens is 2. The van der Waals surface area contributed by atoms with Gasteiger partial charge in [0.25, 0.3) is 0 Å². The van der Waals surface area contributed by atoms with Crippen molar-refractivity contribution in [3.8, 4) is 0 Å². The number of nitrogens with one attached hydrogen (secondary N) is 1. The van der Waals surface area contributed by atoms with Gasteiger partial charge in [0.15, 0.2) is 5.13 Å². The van der Waals surface area contributed by atoms with E-state index >= 15 is 0 Å². The average molecular weight is 278 g/mol. The number of thiophene rings is 1. The van der Waals surface area contributed by atoms with Crippen molar-refractivity contribution in [1.29, 1.82) is 0 Å². The van der Waals surface area contributed by atoms with Gasteiger partial charge in [-0.2, -0.15) is 4.39 Å². The second-order valence-corrected chi connectivity index (χ2v) is 4.40. The summed E-state index contributed by atoms with van der Waals surface area (Å²) < 4.78 is 18.6. The van der Waals surface area contributed by atoms with Gasteiger partial charge in [0.05, 0.1) is 21.8 Å². The molecule has 0 aliphatic heterocycles. The molecule has 0 bridgehead atoms. The van der Waals surface area contributed by atoms with Gasteiger partial charge < -0.3 is 9.72 Å². The Bertz CT molecular complexity index is 505. The number of H-pyrrole nitrogens is 1. The van der Waals surface area contributed by atoms with Crippen molar-refractivity contribution < 1.29 is 13.9 Å². The number of aromatic amines is 1. The van der Waals surface area contributed by atoms with Crippen molar-refractivity contribution in [3.63, 3.8) is 0 Å². The molecule has 0 spiro atoms. The molecular formula is C8H5BrFNO2S. The zero-order valence-electron chi connectivity index (χ0n) is 7.06. The summed E-state index contributed by atoms with van der Waals surface area (Å²) in [5, 5.41) is -0.303. The van der Waals surface area contributed by atoms with Crippen molar-refractivity contribution in [2.24, 2.45) is 0 Å². The number of methoxy groups -OCH3 is 1. The largest absolute Gasteiger partial charge is 0.464 e. The number of hydrogen-bond donors (Lipinski definition) is 1. The van der Waals surface area contributed by atoms with Gasteiger partial charge in [-0.05, 0) is 22.0 Å². The fourth-order valence-electron chi connectivity index (χ4n) is 1.14. The van der Waals surface area contributed by atoms with Gasteiger partial charge in [0.1, 0.15) is 5.69 Å². The highest BCUT2D eigenvalue weighted by atomic mass is 79.9. The van der Waals surface area contributed by atoms with Gasteiger partial charge in [0.2, 0.25) is 0 Å². The summed E-state index contributed by atoms with van der Waals surface area (Å²) in [5.74, 6) is -0.458. The molecule has 0 atom stereocenters. The molecule has 3 nitrogen and oxygen atoms in total. The maximum absolute atomic E-state index is 13.0. The van der Waals surface area contributed by atoms with Crippen LogP contribution < -0.4 is 0 Å². The molecule has 0 aliphatic rings. The monoisotopic (exact) mass is 277 g/mol. The van der Waals surface area contributed by atoms with E-state index in [1.165, 1.54) is 7.11 Å². The normalized spacial score (nSPS) is 10.8. The van der Waals surface area contributed by atoms with Crippen molar-refractivity contribution >= 4 is 43.5 Å². The molecule has 0 fully saturated rings. The van der Waals surface area contributed by atoms with Gasteiger partial charge in [-0.1, -0.05) is 0 Å². The number of ether oxygens (including phenoxy) is 1. The van der Waals surface area contributed by atoms with E-state index in [-0.39, 0.29) is 5.13 Å². The third kappa shape index (κ3) is 1.34. The van der Waals surface area contributed by atoms with E-state index < -0.39 is 5.97 Å². The van der Waals surface area contributed by atoms with E-state index in [4.69, 9.17) is 0 Å². The van der Waals surface area contributed by atoms with Crippen LogP contribution in [0.15, 0.2) is 10.5 Å². The summed E-state index contributed by atoms with van der Waals surface area (Å²) in [4.78, 5) is 13.9. The van der Waals surface area contributed by atoms with Crippen LogP contribution in [0.4, 0.5) is 4.39 Å². The molecule has 0 amide bonds. The molecule has 0 radical (unpaired) electrons. The van der Waals surface area contributed by atoms with Crippen molar-refractivity contribution in [2.75, 3.05) is 7.11 Å². The topological polar surface area (TPSA) is 42.1 Å². The van der Waals surface area contributed by atoms with Crippen LogP contribution in [0.3, 0.4) is 0 Å². The average Bonchev–Trinajstić information content (AvgIpc) is 2.68. The maximum atomic E-state index is 13.0. The summed E-state index contributed by atoms with van der Waals surface area (Å²) in [6, 6.07) is 1.57. The lowest BCUT2D eigenvalue weighted by molar-refractivity contribution is 0.0595. The Morgan fingerprint density at radius 2 is 2.43 bits per heavy atom. The Labute approximate surface area is 91.0 Å². The highest BCUT2D eigenvalue weighted by Crippen LogP contribution is 2.34. The molecule has 14 heavy (non-hydrogen) atoms. The summed E-state index contributed by atoms with van der Waals surface area (Å²) in [5.41, 5.74) is 0.919. The molecule has 2 aromatic rings. The molecular weight excluding hydrogens is 273 g/mol. The number of rotatable bonds is 1. The maximum Gasteiger partial charge on any atom is 0.354 e. The highest BCUT2D eigenvalue weighted by Gasteiger charge is 2.15.